The summed E-state index contributed by atoms with van der Waals surface area (Å²) in [6.07, 6.45) is -4.39. The van der Waals surface area contributed by atoms with Crippen molar-refractivity contribution in [2.45, 2.75) is 32.6 Å². The van der Waals surface area contributed by atoms with Crippen molar-refractivity contribution in [3.05, 3.63) is 34.8 Å². The Morgan fingerprint density at radius 1 is 1.20 bits per heavy atom. The second-order valence-corrected chi connectivity index (χ2v) is 5.64. The zero-order valence-electron chi connectivity index (χ0n) is 11.0. The van der Waals surface area contributed by atoms with E-state index in [1.165, 1.54) is 23.5 Å². The molecule has 1 aromatic heterocycles. The molecule has 0 aliphatic heterocycles. The summed E-state index contributed by atoms with van der Waals surface area (Å²) in [6.45, 7) is 4.48. The first kappa shape index (κ1) is 14.9. The summed E-state index contributed by atoms with van der Waals surface area (Å²) in [7, 11) is 0. The molecule has 0 fully saturated rings. The van der Waals surface area contributed by atoms with Gasteiger partial charge >= 0.3 is 6.18 Å². The first-order valence-electron chi connectivity index (χ1n) is 6.10. The molecule has 2 aromatic rings. The van der Waals surface area contributed by atoms with Crippen molar-refractivity contribution in [1.82, 2.24) is 15.5 Å². The lowest BCUT2D eigenvalue weighted by Gasteiger charge is -2.09. The van der Waals surface area contributed by atoms with Crippen LogP contribution in [-0.2, 0) is 12.7 Å². The summed E-state index contributed by atoms with van der Waals surface area (Å²) in [4.78, 5) is 0. The van der Waals surface area contributed by atoms with E-state index in [0.29, 0.717) is 16.6 Å². The van der Waals surface area contributed by atoms with E-state index >= 15 is 0 Å². The molecule has 1 N–H and O–H groups in total. The predicted octanol–water partition coefficient (Wildman–Crippen LogP) is 3.72. The first-order chi connectivity index (χ1) is 9.38. The highest BCUT2D eigenvalue weighted by atomic mass is 32.1. The molecule has 2 rings (SSSR count). The zero-order valence-corrected chi connectivity index (χ0v) is 11.8. The van der Waals surface area contributed by atoms with Crippen LogP contribution in [0.4, 0.5) is 13.2 Å². The van der Waals surface area contributed by atoms with Gasteiger partial charge in [-0.3, -0.25) is 0 Å². The molecule has 0 aliphatic rings. The Hall–Kier alpha value is -1.47. The fourth-order valence-electron chi connectivity index (χ4n) is 1.64. The van der Waals surface area contributed by atoms with Gasteiger partial charge in [-0.2, -0.15) is 13.2 Å². The van der Waals surface area contributed by atoms with Gasteiger partial charge in [-0.15, -0.1) is 10.2 Å². The fourth-order valence-corrected chi connectivity index (χ4v) is 2.47. The first-order valence-corrected chi connectivity index (χ1v) is 6.92. The summed E-state index contributed by atoms with van der Waals surface area (Å²) in [5.74, 6) is 0. The molecule has 0 radical (unpaired) electrons. The highest BCUT2D eigenvalue weighted by Crippen LogP contribution is 2.37. The second kappa shape index (κ2) is 5.88. The molecule has 20 heavy (non-hydrogen) atoms. The molecule has 0 saturated carbocycles. The number of hydrogen-bond acceptors (Lipinski definition) is 4. The molecule has 1 heterocycles. The number of alkyl halides is 3. The van der Waals surface area contributed by atoms with Crippen LogP contribution in [0.1, 0.15) is 24.4 Å². The van der Waals surface area contributed by atoms with Crippen molar-refractivity contribution >= 4 is 11.3 Å². The monoisotopic (exact) mass is 301 g/mol. The Bertz CT molecular complexity index is 578. The normalized spacial score (nSPS) is 12.1. The van der Waals surface area contributed by atoms with Crippen LogP contribution in [0.5, 0.6) is 0 Å². The van der Waals surface area contributed by atoms with Gasteiger partial charge in [0.1, 0.15) is 10.0 Å². The minimum Gasteiger partial charge on any atom is -0.308 e. The average molecular weight is 301 g/mol. The number of hydrogen-bond donors (Lipinski definition) is 1. The molecule has 0 aliphatic carbocycles. The van der Waals surface area contributed by atoms with Gasteiger partial charge in [0.2, 0.25) is 0 Å². The Balaban J connectivity index is 2.29. The van der Waals surface area contributed by atoms with Crippen molar-refractivity contribution in [2.24, 2.45) is 0 Å². The minimum absolute atomic E-state index is 0.0771. The number of halogens is 3. The topological polar surface area (TPSA) is 37.8 Å². The molecule has 108 valence electrons. The molecule has 0 bridgehead atoms. The third-order valence-corrected chi connectivity index (χ3v) is 3.55. The molecule has 3 nitrogen and oxygen atoms in total. The summed E-state index contributed by atoms with van der Waals surface area (Å²) in [5.41, 5.74) is -0.604. The van der Waals surface area contributed by atoms with Gasteiger partial charge in [0.25, 0.3) is 0 Å². The third-order valence-electron chi connectivity index (χ3n) is 2.59. The minimum atomic E-state index is -4.39. The predicted molar refractivity (Wildman–Crippen MR) is 72.3 cm³/mol. The van der Waals surface area contributed by atoms with E-state index in [1.54, 1.807) is 6.07 Å². The number of nitrogens with zero attached hydrogens (tertiary/aromatic N) is 2. The van der Waals surface area contributed by atoms with Crippen LogP contribution in [0.2, 0.25) is 0 Å². The van der Waals surface area contributed by atoms with Crippen LogP contribution in [-0.4, -0.2) is 16.2 Å². The molecule has 7 heteroatoms. The van der Waals surface area contributed by atoms with Crippen molar-refractivity contribution in [3.8, 4) is 10.6 Å². The van der Waals surface area contributed by atoms with Crippen LogP contribution in [0.15, 0.2) is 24.3 Å². The summed E-state index contributed by atoms with van der Waals surface area (Å²) in [6, 6.07) is 5.70. The highest BCUT2D eigenvalue weighted by Gasteiger charge is 2.34. The van der Waals surface area contributed by atoms with Crippen LogP contribution in [0.3, 0.4) is 0 Å². The van der Waals surface area contributed by atoms with Crippen LogP contribution >= 0.6 is 11.3 Å². The third kappa shape index (κ3) is 3.55. The lowest BCUT2D eigenvalue weighted by atomic mass is 10.1. The maximum absolute atomic E-state index is 12.9. The smallest absolute Gasteiger partial charge is 0.308 e. The molecular weight excluding hydrogens is 287 g/mol. The molecule has 0 amide bonds. The average Bonchev–Trinajstić information content (AvgIpc) is 2.84. The van der Waals surface area contributed by atoms with Gasteiger partial charge in [-0.1, -0.05) is 43.4 Å². The van der Waals surface area contributed by atoms with Gasteiger partial charge < -0.3 is 5.32 Å². The number of benzene rings is 1. The van der Waals surface area contributed by atoms with Gasteiger partial charge in [0, 0.05) is 18.2 Å². The van der Waals surface area contributed by atoms with E-state index in [0.717, 1.165) is 6.07 Å². The molecule has 0 saturated heterocycles. The fraction of sp³-hybridized carbons (Fsp3) is 0.385. The maximum Gasteiger partial charge on any atom is 0.417 e. The number of nitrogens with one attached hydrogen (secondary N) is 1. The lowest BCUT2D eigenvalue weighted by Crippen LogP contribution is -2.21. The molecule has 1 aromatic carbocycles. The Morgan fingerprint density at radius 3 is 2.55 bits per heavy atom. The SMILES string of the molecule is CC(C)NCc1nnc(-c2ccccc2C(F)(F)F)s1. The molecule has 0 atom stereocenters. The van der Waals surface area contributed by atoms with E-state index in [2.05, 4.69) is 15.5 Å². The van der Waals surface area contributed by atoms with E-state index in [4.69, 9.17) is 0 Å². The number of aromatic nitrogens is 2. The number of rotatable bonds is 4. The van der Waals surface area contributed by atoms with Crippen molar-refractivity contribution in [3.63, 3.8) is 0 Å². The summed E-state index contributed by atoms with van der Waals surface area (Å²) >= 11 is 1.17. The molecule has 0 unspecified atom stereocenters. The lowest BCUT2D eigenvalue weighted by molar-refractivity contribution is -0.137. The van der Waals surface area contributed by atoms with Crippen LogP contribution in [0.25, 0.3) is 10.6 Å². The van der Waals surface area contributed by atoms with Crippen molar-refractivity contribution in [1.29, 1.82) is 0 Å². The van der Waals surface area contributed by atoms with Gasteiger partial charge in [0.05, 0.1) is 5.56 Å². The molecular formula is C13H14F3N3S. The highest BCUT2D eigenvalue weighted by molar-refractivity contribution is 7.14. The van der Waals surface area contributed by atoms with E-state index in [9.17, 15) is 13.2 Å². The van der Waals surface area contributed by atoms with Crippen LogP contribution < -0.4 is 5.32 Å². The second-order valence-electron chi connectivity index (χ2n) is 4.58. The quantitative estimate of drug-likeness (QED) is 0.935. The Labute approximate surface area is 118 Å². The van der Waals surface area contributed by atoms with Crippen molar-refractivity contribution < 1.29 is 13.2 Å². The van der Waals surface area contributed by atoms with Crippen LogP contribution in [0, 0.1) is 0 Å². The molecule has 0 spiro atoms. The summed E-state index contributed by atoms with van der Waals surface area (Å²) in [5, 5.41) is 11.9. The van der Waals surface area contributed by atoms with Gasteiger partial charge in [-0.05, 0) is 6.07 Å². The van der Waals surface area contributed by atoms with E-state index in [1.807, 2.05) is 13.8 Å². The van der Waals surface area contributed by atoms with Gasteiger partial charge in [0.15, 0.2) is 0 Å². The van der Waals surface area contributed by atoms with E-state index in [-0.39, 0.29) is 11.6 Å². The zero-order chi connectivity index (χ0) is 14.8. The Kier molecular flexibility index (Phi) is 4.39. The Morgan fingerprint density at radius 2 is 1.90 bits per heavy atom. The maximum atomic E-state index is 12.9. The van der Waals surface area contributed by atoms with Gasteiger partial charge in [-0.25, -0.2) is 0 Å². The van der Waals surface area contributed by atoms with E-state index < -0.39 is 11.7 Å². The largest absolute Gasteiger partial charge is 0.417 e. The standard InChI is InChI=1S/C13H14F3N3S/c1-8(2)17-7-11-18-19-12(20-11)9-5-3-4-6-10(9)13(14,15)16/h3-6,8,17H,7H2,1-2H3. The van der Waals surface area contributed by atoms with Crippen molar-refractivity contribution in [2.75, 3.05) is 0 Å². The summed E-state index contributed by atoms with van der Waals surface area (Å²) < 4.78 is 38.8.